The normalized spacial score (nSPS) is 15.9. The lowest BCUT2D eigenvalue weighted by Gasteiger charge is -2.26. The average molecular weight is 276 g/mol. The molecule has 0 atom stereocenters. The highest BCUT2D eigenvalue weighted by Gasteiger charge is 2.24. The van der Waals surface area contributed by atoms with Gasteiger partial charge in [-0.2, -0.15) is 0 Å². The van der Waals surface area contributed by atoms with E-state index in [2.05, 4.69) is 29.2 Å². The molecule has 0 saturated carbocycles. The second kappa shape index (κ2) is 6.75. The van der Waals surface area contributed by atoms with Crippen LogP contribution in [0, 0.1) is 5.92 Å². The molecule has 1 amide bonds. The van der Waals surface area contributed by atoms with Gasteiger partial charge in [0, 0.05) is 52.5 Å². The van der Waals surface area contributed by atoms with E-state index in [1.165, 1.54) is 11.3 Å². The van der Waals surface area contributed by atoms with E-state index in [1.54, 1.807) is 0 Å². The molecule has 20 heavy (non-hydrogen) atoms. The summed E-state index contributed by atoms with van der Waals surface area (Å²) < 4.78 is 5.31. The molecule has 1 aliphatic rings. The summed E-state index contributed by atoms with van der Waals surface area (Å²) in [5.41, 5.74) is 2.34. The summed E-state index contributed by atoms with van der Waals surface area (Å²) in [7, 11) is 5.93. The molecular weight excluding hydrogens is 252 g/mol. The fraction of sp³-hybridized carbons (Fsp3) is 0.562. The zero-order valence-corrected chi connectivity index (χ0v) is 12.6. The minimum absolute atomic E-state index is 0.134. The number of rotatable bonds is 4. The highest BCUT2D eigenvalue weighted by atomic mass is 16.5. The quantitative estimate of drug-likeness (QED) is 0.844. The van der Waals surface area contributed by atoms with Crippen molar-refractivity contribution < 1.29 is 9.53 Å². The van der Waals surface area contributed by atoms with Crippen molar-refractivity contribution in [1.82, 2.24) is 4.90 Å². The van der Waals surface area contributed by atoms with Crippen molar-refractivity contribution in [3.05, 3.63) is 29.8 Å². The van der Waals surface area contributed by atoms with E-state index < -0.39 is 0 Å². The number of ether oxygens (including phenoxy) is 1. The summed E-state index contributed by atoms with van der Waals surface area (Å²) in [6.45, 7) is 2.09. The number of hydrogen-bond donors (Lipinski definition) is 0. The van der Waals surface area contributed by atoms with Gasteiger partial charge in [-0.25, -0.2) is 0 Å². The van der Waals surface area contributed by atoms with Crippen molar-refractivity contribution in [2.45, 2.75) is 19.4 Å². The molecule has 1 fully saturated rings. The standard InChI is InChI=1S/C16H24N2O2/c1-17(2)15-6-4-13(5-7-15)12-18(3)16(19)14-8-10-20-11-9-14/h4-7,14H,8-12H2,1-3H3. The average Bonchev–Trinajstić information content (AvgIpc) is 2.48. The molecule has 0 aliphatic carbocycles. The van der Waals surface area contributed by atoms with Crippen molar-refractivity contribution in [2.24, 2.45) is 5.92 Å². The molecule has 0 aromatic heterocycles. The summed E-state index contributed by atoms with van der Waals surface area (Å²) in [5.74, 6) is 0.375. The Labute approximate surface area is 121 Å². The Morgan fingerprint density at radius 1 is 1.15 bits per heavy atom. The molecule has 0 radical (unpaired) electrons. The van der Waals surface area contributed by atoms with E-state index in [0.29, 0.717) is 19.8 Å². The van der Waals surface area contributed by atoms with Gasteiger partial charge in [-0.1, -0.05) is 12.1 Å². The number of carbonyl (C=O) groups is 1. The zero-order chi connectivity index (χ0) is 14.5. The third kappa shape index (κ3) is 3.73. The molecule has 0 spiro atoms. The lowest BCUT2D eigenvalue weighted by atomic mass is 9.98. The monoisotopic (exact) mass is 276 g/mol. The molecular formula is C16H24N2O2. The SMILES string of the molecule is CN(Cc1ccc(N(C)C)cc1)C(=O)C1CCOCC1. The van der Waals surface area contributed by atoms with Crippen LogP contribution in [0.1, 0.15) is 18.4 Å². The first-order chi connectivity index (χ1) is 9.58. The molecule has 0 unspecified atom stereocenters. The van der Waals surface area contributed by atoms with Gasteiger partial charge >= 0.3 is 0 Å². The van der Waals surface area contributed by atoms with E-state index in [4.69, 9.17) is 4.74 Å². The molecule has 1 heterocycles. The molecule has 1 aromatic carbocycles. The molecule has 110 valence electrons. The number of nitrogens with zero attached hydrogens (tertiary/aromatic N) is 2. The largest absolute Gasteiger partial charge is 0.381 e. The summed E-state index contributed by atoms with van der Waals surface area (Å²) >= 11 is 0. The van der Waals surface area contributed by atoms with E-state index in [0.717, 1.165) is 12.8 Å². The minimum Gasteiger partial charge on any atom is -0.381 e. The zero-order valence-electron chi connectivity index (χ0n) is 12.6. The van der Waals surface area contributed by atoms with Gasteiger partial charge in [0.25, 0.3) is 0 Å². The Hall–Kier alpha value is -1.55. The lowest BCUT2D eigenvalue weighted by Crippen LogP contribution is -2.35. The van der Waals surface area contributed by atoms with Gasteiger partial charge in [0.2, 0.25) is 5.91 Å². The van der Waals surface area contributed by atoms with Crippen molar-refractivity contribution >= 4 is 11.6 Å². The number of anilines is 1. The molecule has 1 aliphatic heterocycles. The van der Waals surface area contributed by atoms with Gasteiger partial charge in [-0.15, -0.1) is 0 Å². The van der Waals surface area contributed by atoms with Gasteiger partial charge in [0.15, 0.2) is 0 Å². The van der Waals surface area contributed by atoms with E-state index in [-0.39, 0.29) is 11.8 Å². The van der Waals surface area contributed by atoms with Crippen LogP contribution < -0.4 is 4.90 Å². The Morgan fingerprint density at radius 3 is 2.30 bits per heavy atom. The fourth-order valence-corrected chi connectivity index (χ4v) is 2.51. The number of benzene rings is 1. The Bertz CT molecular complexity index is 436. The number of amides is 1. The Kier molecular flexibility index (Phi) is 5.01. The summed E-state index contributed by atoms with van der Waals surface area (Å²) in [6, 6.07) is 8.34. The van der Waals surface area contributed by atoms with Crippen LogP contribution in [0.5, 0.6) is 0 Å². The maximum atomic E-state index is 12.3. The third-order valence-electron chi connectivity index (χ3n) is 3.82. The van der Waals surface area contributed by atoms with Crippen LogP contribution in [0.4, 0.5) is 5.69 Å². The highest BCUT2D eigenvalue weighted by molar-refractivity contribution is 5.78. The Morgan fingerprint density at radius 2 is 1.75 bits per heavy atom. The van der Waals surface area contributed by atoms with Crippen molar-refractivity contribution in [1.29, 1.82) is 0 Å². The molecule has 4 nitrogen and oxygen atoms in total. The molecule has 1 aromatic rings. The molecule has 0 bridgehead atoms. The first-order valence-corrected chi connectivity index (χ1v) is 7.17. The fourth-order valence-electron chi connectivity index (χ4n) is 2.51. The molecule has 0 N–H and O–H groups in total. The molecule has 1 saturated heterocycles. The van der Waals surface area contributed by atoms with Crippen LogP contribution in [0.3, 0.4) is 0 Å². The van der Waals surface area contributed by atoms with Gasteiger partial charge in [-0.05, 0) is 30.5 Å². The molecule has 2 rings (SSSR count). The highest BCUT2D eigenvalue weighted by Crippen LogP contribution is 2.19. The predicted molar refractivity (Wildman–Crippen MR) is 80.8 cm³/mol. The van der Waals surface area contributed by atoms with Crippen LogP contribution >= 0.6 is 0 Å². The van der Waals surface area contributed by atoms with Crippen LogP contribution in [0.15, 0.2) is 24.3 Å². The van der Waals surface area contributed by atoms with Gasteiger partial charge in [0.1, 0.15) is 0 Å². The van der Waals surface area contributed by atoms with Crippen molar-refractivity contribution in [3.8, 4) is 0 Å². The Balaban J connectivity index is 1.92. The third-order valence-corrected chi connectivity index (χ3v) is 3.82. The van der Waals surface area contributed by atoms with E-state index in [1.807, 2.05) is 26.0 Å². The first-order valence-electron chi connectivity index (χ1n) is 7.17. The second-order valence-electron chi connectivity index (χ2n) is 5.64. The maximum Gasteiger partial charge on any atom is 0.225 e. The number of hydrogen-bond acceptors (Lipinski definition) is 3. The summed E-state index contributed by atoms with van der Waals surface area (Å²) in [4.78, 5) is 16.2. The first kappa shape index (κ1) is 14.9. The van der Waals surface area contributed by atoms with Crippen molar-refractivity contribution in [3.63, 3.8) is 0 Å². The number of carbonyl (C=O) groups excluding carboxylic acids is 1. The second-order valence-corrected chi connectivity index (χ2v) is 5.64. The van der Waals surface area contributed by atoms with Gasteiger partial charge in [0.05, 0.1) is 0 Å². The van der Waals surface area contributed by atoms with Crippen LogP contribution in [-0.2, 0) is 16.1 Å². The minimum atomic E-state index is 0.134. The molecule has 4 heteroatoms. The van der Waals surface area contributed by atoms with Crippen LogP contribution in [0.25, 0.3) is 0 Å². The maximum absolute atomic E-state index is 12.3. The van der Waals surface area contributed by atoms with E-state index >= 15 is 0 Å². The summed E-state index contributed by atoms with van der Waals surface area (Å²) in [5, 5.41) is 0. The predicted octanol–water partition coefficient (Wildman–Crippen LogP) is 2.14. The van der Waals surface area contributed by atoms with Crippen LogP contribution in [-0.4, -0.2) is 45.2 Å². The topological polar surface area (TPSA) is 32.8 Å². The van der Waals surface area contributed by atoms with Gasteiger partial charge < -0.3 is 14.5 Å². The van der Waals surface area contributed by atoms with Gasteiger partial charge in [-0.3, -0.25) is 4.79 Å². The lowest BCUT2D eigenvalue weighted by molar-refractivity contribution is -0.137. The van der Waals surface area contributed by atoms with Crippen molar-refractivity contribution in [2.75, 3.05) is 39.3 Å². The summed E-state index contributed by atoms with van der Waals surface area (Å²) in [6.07, 6.45) is 1.70. The van der Waals surface area contributed by atoms with E-state index in [9.17, 15) is 4.79 Å². The van der Waals surface area contributed by atoms with Crippen LogP contribution in [0.2, 0.25) is 0 Å². The smallest absolute Gasteiger partial charge is 0.225 e.